The maximum absolute atomic E-state index is 12.7. The number of unbranched alkanes of at least 4 members (excludes halogenated alkanes) is 1. The van der Waals surface area contributed by atoms with Gasteiger partial charge in [-0.3, -0.25) is 4.79 Å². The van der Waals surface area contributed by atoms with Gasteiger partial charge in [0.1, 0.15) is 0 Å². The number of benzene rings is 3. The third-order valence-corrected chi connectivity index (χ3v) is 6.73. The Hall–Kier alpha value is -3.36. The van der Waals surface area contributed by atoms with Crippen molar-refractivity contribution in [3.63, 3.8) is 0 Å². The Morgan fingerprint density at radius 2 is 1.67 bits per heavy atom. The zero-order valence-corrected chi connectivity index (χ0v) is 18.9. The van der Waals surface area contributed by atoms with Gasteiger partial charge in [0.2, 0.25) is 16.8 Å². The van der Waals surface area contributed by atoms with E-state index in [0.29, 0.717) is 23.6 Å². The molecule has 172 valence electrons. The van der Waals surface area contributed by atoms with Crippen molar-refractivity contribution in [2.75, 3.05) is 13.3 Å². The van der Waals surface area contributed by atoms with Crippen LogP contribution in [0.15, 0.2) is 77.7 Å². The molecule has 0 bridgehead atoms. The fourth-order valence-electron chi connectivity index (χ4n) is 3.52. The van der Waals surface area contributed by atoms with E-state index in [4.69, 9.17) is 9.47 Å². The molecule has 0 spiro atoms. The van der Waals surface area contributed by atoms with Gasteiger partial charge in [0, 0.05) is 18.7 Å². The molecule has 1 heterocycles. The monoisotopic (exact) mass is 466 g/mol. The summed E-state index contributed by atoms with van der Waals surface area (Å²) >= 11 is 0. The average molecular weight is 467 g/mol. The quantitative estimate of drug-likeness (QED) is 0.445. The second-order valence-corrected chi connectivity index (χ2v) is 9.51. The summed E-state index contributed by atoms with van der Waals surface area (Å²) in [5, 5.41) is 2.87. The molecule has 0 aliphatic carbocycles. The van der Waals surface area contributed by atoms with Crippen LogP contribution < -0.4 is 19.5 Å². The van der Waals surface area contributed by atoms with Crippen LogP contribution >= 0.6 is 0 Å². The molecule has 0 saturated carbocycles. The van der Waals surface area contributed by atoms with E-state index in [1.54, 1.807) is 30.3 Å². The first-order chi connectivity index (χ1) is 16.0. The summed E-state index contributed by atoms with van der Waals surface area (Å²) in [5.41, 5.74) is 2.33. The molecule has 0 aromatic heterocycles. The van der Waals surface area contributed by atoms with Crippen molar-refractivity contribution in [3.8, 4) is 11.5 Å². The number of hydrogen-bond donors (Lipinski definition) is 2. The minimum absolute atomic E-state index is 0.0416. The topological polar surface area (TPSA) is 93.7 Å². The van der Waals surface area contributed by atoms with Crippen LogP contribution in [0.25, 0.3) is 0 Å². The molecule has 3 aromatic rings. The zero-order chi connectivity index (χ0) is 23.1. The Kier molecular flexibility index (Phi) is 7.26. The van der Waals surface area contributed by atoms with E-state index in [0.717, 1.165) is 24.8 Å². The van der Waals surface area contributed by atoms with Crippen LogP contribution in [0.3, 0.4) is 0 Å². The number of amides is 1. The lowest BCUT2D eigenvalue weighted by Crippen LogP contribution is -2.26. The molecule has 33 heavy (non-hydrogen) atoms. The van der Waals surface area contributed by atoms with E-state index in [9.17, 15) is 13.2 Å². The lowest BCUT2D eigenvalue weighted by atomic mass is 10.1. The molecular weight excluding hydrogens is 440 g/mol. The average Bonchev–Trinajstić information content (AvgIpc) is 3.31. The smallest absolute Gasteiger partial charge is 0.251 e. The molecule has 1 amide bonds. The minimum atomic E-state index is -3.79. The molecule has 1 aliphatic heterocycles. The van der Waals surface area contributed by atoms with Crippen molar-refractivity contribution in [1.29, 1.82) is 0 Å². The number of sulfonamides is 1. The molecule has 2 N–H and O–H groups in total. The van der Waals surface area contributed by atoms with Crippen molar-refractivity contribution in [2.24, 2.45) is 0 Å². The Labute approximate surface area is 193 Å². The van der Waals surface area contributed by atoms with E-state index < -0.39 is 10.0 Å². The van der Waals surface area contributed by atoms with Crippen LogP contribution in [-0.4, -0.2) is 27.7 Å². The second kappa shape index (κ2) is 10.5. The summed E-state index contributed by atoms with van der Waals surface area (Å²) in [5.74, 6) is 0.942. The number of rotatable bonds is 10. The summed E-state index contributed by atoms with van der Waals surface area (Å²) in [6, 6.07) is 21.5. The standard InChI is InChI=1S/C25H26N2O5S/c28-25(26-14-5-4-9-19-7-2-1-3-8-19)21-10-6-11-22(16-21)33(29,30)27-17-20-12-13-23-24(15-20)32-18-31-23/h1-3,6-8,10-13,15-16,27H,4-5,9,14,17-18H2,(H,26,28). The predicted molar refractivity (Wildman–Crippen MR) is 125 cm³/mol. The van der Waals surface area contributed by atoms with Gasteiger partial charge in [0.15, 0.2) is 11.5 Å². The number of nitrogens with one attached hydrogen (secondary N) is 2. The molecule has 0 radical (unpaired) electrons. The molecular formula is C25H26N2O5S. The Balaban J connectivity index is 1.29. The molecule has 0 saturated heterocycles. The van der Waals surface area contributed by atoms with E-state index in [1.807, 2.05) is 18.2 Å². The molecule has 1 aliphatic rings. The molecule has 8 heteroatoms. The Bertz CT molecular complexity index is 1210. The van der Waals surface area contributed by atoms with Gasteiger partial charge in [-0.25, -0.2) is 13.1 Å². The van der Waals surface area contributed by atoms with E-state index in [1.165, 1.54) is 17.7 Å². The summed E-state index contributed by atoms with van der Waals surface area (Å²) in [6.07, 6.45) is 2.76. The lowest BCUT2D eigenvalue weighted by molar-refractivity contribution is 0.0952. The molecule has 4 rings (SSSR count). The minimum Gasteiger partial charge on any atom is -0.454 e. The van der Waals surface area contributed by atoms with Gasteiger partial charge in [-0.2, -0.15) is 0 Å². The van der Waals surface area contributed by atoms with Gasteiger partial charge in [-0.15, -0.1) is 0 Å². The maximum Gasteiger partial charge on any atom is 0.251 e. The number of hydrogen-bond acceptors (Lipinski definition) is 5. The molecule has 0 fully saturated rings. The fourth-order valence-corrected chi connectivity index (χ4v) is 4.58. The highest BCUT2D eigenvalue weighted by molar-refractivity contribution is 7.89. The van der Waals surface area contributed by atoms with Crippen LogP contribution in [0.5, 0.6) is 11.5 Å². The van der Waals surface area contributed by atoms with Crippen LogP contribution in [0.1, 0.15) is 34.3 Å². The first-order valence-corrected chi connectivity index (χ1v) is 12.3. The number of fused-ring (bicyclic) bond motifs is 1. The van der Waals surface area contributed by atoms with Crippen molar-refractivity contribution < 1.29 is 22.7 Å². The molecule has 3 aromatic carbocycles. The Morgan fingerprint density at radius 3 is 2.52 bits per heavy atom. The van der Waals surface area contributed by atoms with Gasteiger partial charge in [-0.05, 0) is 60.7 Å². The zero-order valence-electron chi connectivity index (χ0n) is 18.1. The van der Waals surface area contributed by atoms with Crippen molar-refractivity contribution >= 4 is 15.9 Å². The first kappa shape index (κ1) is 22.8. The van der Waals surface area contributed by atoms with Crippen LogP contribution in [0.2, 0.25) is 0 Å². The second-order valence-electron chi connectivity index (χ2n) is 7.74. The normalized spacial score (nSPS) is 12.5. The van der Waals surface area contributed by atoms with Gasteiger partial charge in [0.05, 0.1) is 4.90 Å². The van der Waals surface area contributed by atoms with Crippen LogP contribution in [0, 0.1) is 0 Å². The highest BCUT2D eigenvalue weighted by Gasteiger charge is 2.18. The Morgan fingerprint density at radius 1 is 0.848 bits per heavy atom. The van der Waals surface area contributed by atoms with E-state index >= 15 is 0 Å². The highest BCUT2D eigenvalue weighted by atomic mass is 32.2. The number of aryl methyl sites for hydroxylation is 1. The summed E-state index contributed by atoms with van der Waals surface area (Å²) < 4.78 is 38.7. The SMILES string of the molecule is O=C(NCCCCc1ccccc1)c1cccc(S(=O)(=O)NCc2ccc3c(c2)OCO3)c1. The lowest BCUT2D eigenvalue weighted by Gasteiger charge is -2.10. The maximum atomic E-state index is 12.7. The van der Waals surface area contributed by atoms with Gasteiger partial charge in [-0.1, -0.05) is 42.5 Å². The number of carbonyl (C=O) groups is 1. The van der Waals surface area contributed by atoms with Crippen LogP contribution in [0.4, 0.5) is 0 Å². The summed E-state index contributed by atoms with van der Waals surface area (Å²) in [4.78, 5) is 12.5. The van der Waals surface area contributed by atoms with Crippen molar-refractivity contribution in [3.05, 3.63) is 89.5 Å². The third-order valence-electron chi connectivity index (χ3n) is 5.33. The molecule has 0 atom stereocenters. The summed E-state index contributed by atoms with van der Waals surface area (Å²) in [7, 11) is -3.79. The number of ether oxygens (including phenoxy) is 2. The van der Waals surface area contributed by atoms with Crippen molar-refractivity contribution in [1.82, 2.24) is 10.0 Å². The van der Waals surface area contributed by atoms with Gasteiger partial charge >= 0.3 is 0 Å². The van der Waals surface area contributed by atoms with E-state index in [-0.39, 0.29) is 24.1 Å². The van der Waals surface area contributed by atoms with Crippen LogP contribution in [-0.2, 0) is 23.0 Å². The summed E-state index contributed by atoms with van der Waals surface area (Å²) in [6.45, 7) is 0.786. The van der Waals surface area contributed by atoms with Gasteiger partial charge in [0.25, 0.3) is 5.91 Å². The highest BCUT2D eigenvalue weighted by Crippen LogP contribution is 2.32. The molecule has 0 unspecified atom stereocenters. The first-order valence-electron chi connectivity index (χ1n) is 10.8. The number of carbonyl (C=O) groups excluding carboxylic acids is 1. The largest absolute Gasteiger partial charge is 0.454 e. The third kappa shape index (κ3) is 6.12. The van der Waals surface area contributed by atoms with Gasteiger partial charge < -0.3 is 14.8 Å². The van der Waals surface area contributed by atoms with E-state index in [2.05, 4.69) is 22.2 Å². The molecule has 7 nitrogen and oxygen atoms in total. The fraction of sp³-hybridized carbons (Fsp3) is 0.240. The predicted octanol–water partition coefficient (Wildman–Crippen LogP) is 3.65. The van der Waals surface area contributed by atoms with Crippen molar-refractivity contribution in [2.45, 2.75) is 30.7 Å².